The number of nitrogens with zero attached hydrogens (tertiary/aromatic N) is 1. The molecule has 4 rings (SSSR count). The highest BCUT2D eigenvalue weighted by Gasteiger charge is 2.67. The maximum absolute atomic E-state index is 13.0. The molecule has 2 saturated carbocycles. The van der Waals surface area contributed by atoms with Crippen LogP contribution in [-0.4, -0.2) is 16.0 Å². The van der Waals surface area contributed by atoms with Crippen LogP contribution in [0.5, 0.6) is 0 Å². The van der Waals surface area contributed by atoms with Gasteiger partial charge < -0.3 is 5.32 Å². The quantitative estimate of drug-likeness (QED) is 0.299. The number of halogens is 5. The van der Waals surface area contributed by atoms with E-state index in [4.69, 9.17) is 63.3 Å². The van der Waals surface area contributed by atoms with Crippen molar-refractivity contribution in [3.63, 3.8) is 0 Å². The molecule has 172 valence electrons. The van der Waals surface area contributed by atoms with Gasteiger partial charge in [-0.25, -0.2) is 0 Å². The van der Waals surface area contributed by atoms with Crippen LogP contribution in [0.1, 0.15) is 47.5 Å². The highest BCUT2D eigenvalue weighted by Crippen LogP contribution is 2.65. The molecular weight excluding hydrogens is 526 g/mol. The zero-order valence-corrected chi connectivity index (χ0v) is 21.0. The van der Waals surface area contributed by atoms with E-state index >= 15 is 0 Å². The third-order valence-electron chi connectivity index (χ3n) is 6.37. The number of anilines is 1. The van der Waals surface area contributed by atoms with Gasteiger partial charge in [0.05, 0.1) is 27.1 Å². The molecular formula is C24H19Cl5N2O2. The summed E-state index contributed by atoms with van der Waals surface area (Å²) in [5, 5.41) is 12.9. The number of ketones is 1. The minimum absolute atomic E-state index is 0.0114. The maximum atomic E-state index is 13.0. The van der Waals surface area contributed by atoms with Crippen LogP contribution in [0, 0.1) is 29.1 Å². The lowest BCUT2D eigenvalue weighted by molar-refractivity contribution is -0.117. The number of benzene rings is 2. The molecule has 0 aliphatic heterocycles. The van der Waals surface area contributed by atoms with Gasteiger partial charge in [0.15, 0.2) is 5.78 Å². The van der Waals surface area contributed by atoms with Crippen LogP contribution in [0.25, 0.3) is 0 Å². The number of nitrogens with one attached hydrogen (secondary N) is 1. The Hall–Kier alpha value is -1.48. The second-order valence-electron chi connectivity index (χ2n) is 8.62. The molecule has 33 heavy (non-hydrogen) atoms. The average Bonchev–Trinajstić information content (AvgIpc) is 3.10. The van der Waals surface area contributed by atoms with Gasteiger partial charge in [0.2, 0.25) is 5.91 Å². The molecule has 2 aromatic carbocycles. The molecule has 0 spiro atoms. The predicted molar refractivity (Wildman–Crippen MR) is 133 cm³/mol. The van der Waals surface area contributed by atoms with Gasteiger partial charge in [-0.2, -0.15) is 5.26 Å². The number of alkyl halides is 2. The molecule has 0 bridgehead atoms. The van der Waals surface area contributed by atoms with Gasteiger partial charge in [0.25, 0.3) is 0 Å². The van der Waals surface area contributed by atoms with Gasteiger partial charge in [-0.1, -0.05) is 40.9 Å². The molecule has 1 N–H and O–H groups in total. The summed E-state index contributed by atoms with van der Waals surface area (Å²) in [6, 6.07) is 12.1. The van der Waals surface area contributed by atoms with Crippen LogP contribution in [0.4, 0.5) is 5.69 Å². The largest absolute Gasteiger partial charge is 0.326 e. The lowest BCUT2D eigenvalue weighted by Gasteiger charge is -2.11. The Bertz CT molecular complexity index is 1160. The Balaban J connectivity index is 1.46. The van der Waals surface area contributed by atoms with E-state index in [0.717, 1.165) is 19.3 Å². The van der Waals surface area contributed by atoms with E-state index in [1.54, 1.807) is 36.4 Å². The number of carbonyl (C=O) groups excluding carboxylic acids is 2. The molecule has 0 heterocycles. The lowest BCUT2D eigenvalue weighted by atomic mass is 9.96. The molecule has 4 nitrogen and oxygen atoms in total. The van der Waals surface area contributed by atoms with E-state index in [1.165, 1.54) is 0 Å². The van der Waals surface area contributed by atoms with Gasteiger partial charge >= 0.3 is 0 Å². The molecule has 4 unspecified atom stereocenters. The minimum Gasteiger partial charge on any atom is -0.326 e. The number of nitriles is 1. The Kier molecular flexibility index (Phi) is 7.20. The highest BCUT2D eigenvalue weighted by molar-refractivity contribution is 6.53. The fourth-order valence-electron chi connectivity index (χ4n) is 4.56. The fraction of sp³-hybridized carbons (Fsp3) is 0.375. The summed E-state index contributed by atoms with van der Waals surface area (Å²) >= 11 is 31.2. The topological polar surface area (TPSA) is 70.0 Å². The average molecular weight is 545 g/mol. The zero-order valence-electron chi connectivity index (χ0n) is 17.3. The lowest BCUT2D eigenvalue weighted by Crippen LogP contribution is -2.17. The first-order chi connectivity index (χ1) is 15.6. The Morgan fingerprint density at radius 3 is 2.42 bits per heavy atom. The van der Waals surface area contributed by atoms with Crippen molar-refractivity contribution in [2.45, 2.75) is 35.9 Å². The summed E-state index contributed by atoms with van der Waals surface area (Å²) in [6.07, 6.45) is 2.72. The number of Topliss-reactive ketones (excluding diaryl/α,β-unsaturated/α-hetero) is 1. The first-order valence-corrected chi connectivity index (χ1v) is 12.4. The van der Waals surface area contributed by atoms with E-state index < -0.39 is 16.2 Å². The summed E-state index contributed by atoms with van der Waals surface area (Å²) in [5.41, 5.74) is 1.49. The van der Waals surface area contributed by atoms with Crippen molar-refractivity contribution in [1.82, 2.24) is 0 Å². The predicted octanol–water partition coefficient (Wildman–Crippen LogP) is 7.69. The van der Waals surface area contributed by atoms with Crippen molar-refractivity contribution in [1.29, 1.82) is 5.26 Å². The summed E-state index contributed by atoms with van der Waals surface area (Å²) in [5.74, 6) is -1.44. The van der Waals surface area contributed by atoms with Crippen molar-refractivity contribution >= 4 is 75.4 Å². The van der Waals surface area contributed by atoms with E-state index in [9.17, 15) is 9.59 Å². The van der Waals surface area contributed by atoms with Gasteiger partial charge in [0, 0.05) is 29.5 Å². The van der Waals surface area contributed by atoms with E-state index in [1.807, 2.05) is 0 Å². The molecule has 2 aliphatic carbocycles. The summed E-state index contributed by atoms with van der Waals surface area (Å²) < 4.78 is -1.29. The van der Waals surface area contributed by atoms with Gasteiger partial charge in [-0.15, -0.1) is 23.2 Å². The summed E-state index contributed by atoms with van der Waals surface area (Å²) in [6.45, 7) is 0. The van der Waals surface area contributed by atoms with E-state index in [0.29, 0.717) is 38.3 Å². The maximum Gasteiger partial charge on any atom is 0.231 e. The van der Waals surface area contributed by atoms with Crippen LogP contribution in [-0.2, 0) is 4.79 Å². The third-order valence-corrected chi connectivity index (χ3v) is 8.38. The standard InChI is InChI=1S/C24H19Cl5N2O2/c25-17-6-4-15(10-16(17)20(32)8-12-1-2-13(7-12)11-30)31-23(33)22-21(24(22,28)29)14-3-5-18(26)19(27)9-14/h3-6,9-10,12-13,21-22H,1-2,7-8H2,(H,31,33). The summed E-state index contributed by atoms with van der Waals surface area (Å²) in [4.78, 5) is 25.8. The van der Waals surface area contributed by atoms with Crippen molar-refractivity contribution < 1.29 is 9.59 Å². The van der Waals surface area contributed by atoms with Crippen LogP contribution in [0.2, 0.25) is 15.1 Å². The van der Waals surface area contributed by atoms with Crippen molar-refractivity contribution in [3.8, 4) is 6.07 Å². The van der Waals surface area contributed by atoms with E-state index in [-0.39, 0.29) is 23.5 Å². The summed E-state index contributed by atoms with van der Waals surface area (Å²) in [7, 11) is 0. The number of hydrogen-bond donors (Lipinski definition) is 1. The number of rotatable bonds is 6. The number of amides is 1. The SMILES string of the molecule is N#CC1CCC(CC(=O)c2cc(NC(=O)C3C(c4ccc(Cl)c(Cl)c4)C3(Cl)Cl)ccc2Cl)C1. The Morgan fingerprint density at radius 1 is 1.03 bits per heavy atom. The van der Waals surface area contributed by atoms with Crippen LogP contribution in [0.3, 0.4) is 0 Å². The van der Waals surface area contributed by atoms with Crippen LogP contribution < -0.4 is 5.32 Å². The fourth-order valence-corrected chi connectivity index (χ4v) is 5.92. The second kappa shape index (κ2) is 9.64. The minimum atomic E-state index is -1.29. The Morgan fingerprint density at radius 2 is 1.76 bits per heavy atom. The van der Waals surface area contributed by atoms with E-state index in [2.05, 4.69) is 11.4 Å². The normalized spacial score (nSPS) is 25.3. The molecule has 2 fully saturated rings. The zero-order chi connectivity index (χ0) is 23.9. The van der Waals surface area contributed by atoms with Gasteiger partial charge in [0.1, 0.15) is 4.33 Å². The molecule has 1 amide bonds. The molecule has 9 heteroatoms. The first kappa shape index (κ1) is 24.6. The second-order valence-corrected chi connectivity index (χ2v) is 11.3. The van der Waals surface area contributed by atoms with Gasteiger partial charge in [-0.3, -0.25) is 9.59 Å². The smallest absolute Gasteiger partial charge is 0.231 e. The van der Waals surface area contributed by atoms with Gasteiger partial charge in [-0.05, 0) is 61.1 Å². The molecule has 0 aromatic heterocycles. The van der Waals surface area contributed by atoms with Crippen LogP contribution in [0.15, 0.2) is 36.4 Å². The molecule has 0 saturated heterocycles. The number of carbonyl (C=O) groups is 2. The molecule has 2 aliphatic rings. The highest BCUT2D eigenvalue weighted by atomic mass is 35.5. The van der Waals surface area contributed by atoms with Crippen molar-refractivity contribution in [2.75, 3.05) is 5.32 Å². The van der Waals surface area contributed by atoms with Crippen molar-refractivity contribution in [2.24, 2.45) is 17.8 Å². The first-order valence-electron chi connectivity index (χ1n) is 10.5. The van der Waals surface area contributed by atoms with Crippen molar-refractivity contribution in [3.05, 3.63) is 62.6 Å². The molecule has 2 aromatic rings. The molecule has 4 atom stereocenters. The van der Waals surface area contributed by atoms with Crippen LogP contribution >= 0.6 is 58.0 Å². The third kappa shape index (κ3) is 5.14. The molecule has 0 radical (unpaired) electrons. The Labute approximate surface area is 217 Å². The number of hydrogen-bond acceptors (Lipinski definition) is 3. The monoisotopic (exact) mass is 542 g/mol.